The number of hydrogen-bond donors (Lipinski definition) is 2. The maximum absolute atomic E-state index is 12.5. The van der Waals surface area contributed by atoms with E-state index >= 15 is 0 Å². The van der Waals surface area contributed by atoms with Gasteiger partial charge in [-0.15, -0.1) is 11.3 Å². The Bertz CT molecular complexity index is 542. The van der Waals surface area contributed by atoms with Crippen LogP contribution in [-0.4, -0.2) is 51.4 Å². The molecule has 8 heteroatoms. The molecule has 2 heterocycles. The Morgan fingerprint density at radius 1 is 1.50 bits per heavy atom. The second-order valence-corrected chi connectivity index (χ2v) is 7.67. The lowest BCUT2D eigenvalue weighted by Gasteiger charge is -2.22. The Kier molecular flexibility index (Phi) is 5.14. The van der Waals surface area contributed by atoms with E-state index in [0.717, 1.165) is 0 Å². The normalized spacial score (nSPS) is 20.1. The van der Waals surface area contributed by atoms with Crippen molar-refractivity contribution >= 4 is 27.3 Å². The molecule has 2 rings (SSSR count). The first kappa shape index (κ1) is 15.4. The summed E-state index contributed by atoms with van der Waals surface area (Å²) < 4.78 is 26.6. The van der Waals surface area contributed by atoms with Gasteiger partial charge in [0.05, 0.1) is 0 Å². The van der Waals surface area contributed by atoms with Crippen LogP contribution >= 0.6 is 11.3 Å². The molecule has 20 heavy (non-hydrogen) atoms. The monoisotopic (exact) mass is 317 g/mol. The van der Waals surface area contributed by atoms with Crippen LogP contribution in [0.1, 0.15) is 12.8 Å². The number of nitrogens with zero attached hydrogens (tertiary/aromatic N) is 1. The van der Waals surface area contributed by atoms with Crippen LogP contribution in [-0.2, 0) is 14.8 Å². The first-order valence-corrected chi connectivity index (χ1v) is 8.87. The summed E-state index contributed by atoms with van der Waals surface area (Å²) in [5.41, 5.74) is 0. The van der Waals surface area contributed by atoms with Gasteiger partial charge in [0.25, 0.3) is 10.0 Å². The number of hydrogen-bond acceptors (Lipinski definition) is 5. The van der Waals surface area contributed by atoms with E-state index in [1.165, 1.54) is 15.6 Å². The highest BCUT2D eigenvalue weighted by Gasteiger charge is 2.39. The summed E-state index contributed by atoms with van der Waals surface area (Å²) in [4.78, 5) is 12.1. The van der Waals surface area contributed by atoms with Gasteiger partial charge in [-0.2, -0.15) is 4.31 Å². The van der Waals surface area contributed by atoms with Crippen molar-refractivity contribution in [2.75, 3.05) is 26.7 Å². The van der Waals surface area contributed by atoms with E-state index in [9.17, 15) is 13.2 Å². The highest BCUT2D eigenvalue weighted by Crippen LogP contribution is 2.28. The van der Waals surface area contributed by atoms with E-state index in [1.807, 2.05) is 0 Å². The zero-order chi connectivity index (χ0) is 14.6. The Morgan fingerprint density at radius 2 is 2.30 bits per heavy atom. The van der Waals surface area contributed by atoms with Gasteiger partial charge in [-0.25, -0.2) is 8.42 Å². The summed E-state index contributed by atoms with van der Waals surface area (Å²) in [6.07, 6.45) is 1.30. The maximum Gasteiger partial charge on any atom is 0.253 e. The van der Waals surface area contributed by atoms with Crippen molar-refractivity contribution in [3.05, 3.63) is 17.5 Å². The molecule has 1 amide bonds. The van der Waals surface area contributed by atoms with Gasteiger partial charge >= 0.3 is 0 Å². The highest BCUT2D eigenvalue weighted by molar-refractivity contribution is 7.91. The van der Waals surface area contributed by atoms with E-state index in [0.29, 0.717) is 36.7 Å². The smallest absolute Gasteiger partial charge is 0.253 e. The number of likely N-dealkylation sites (N-methyl/N-ethyl adjacent to an activating group) is 1. The van der Waals surface area contributed by atoms with E-state index in [2.05, 4.69) is 10.6 Å². The van der Waals surface area contributed by atoms with Gasteiger partial charge in [0.15, 0.2) is 0 Å². The quantitative estimate of drug-likeness (QED) is 0.737. The fraction of sp³-hybridized carbons (Fsp3) is 0.583. The number of thiophene rings is 1. The third kappa shape index (κ3) is 3.20. The largest absolute Gasteiger partial charge is 0.353 e. The van der Waals surface area contributed by atoms with Crippen molar-refractivity contribution in [2.45, 2.75) is 23.1 Å². The highest BCUT2D eigenvalue weighted by atomic mass is 32.2. The molecular formula is C12H19N3O3S2. The molecule has 112 valence electrons. The Morgan fingerprint density at radius 3 is 2.95 bits per heavy atom. The Balaban J connectivity index is 2.09. The second-order valence-electron chi connectivity index (χ2n) is 4.60. The number of amides is 1. The molecule has 0 aliphatic carbocycles. The van der Waals surface area contributed by atoms with E-state index in [4.69, 9.17) is 0 Å². The van der Waals surface area contributed by atoms with Crippen LogP contribution in [0.5, 0.6) is 0 Å². The molecule has 6 nitrogen and oxygen atoms in total. The molecule has 0 spiro atoms. The fourth-order valence-electron chi connectivity index (χ4n) is 2.24. The predicted octanol–water partition coefficient (Wildman–Crippen LogP) is 0.237. The zero-order valence-corrected chi connectivity index (χ0v) is 13.0. The number of sulfonamides is 1. The van der Waals surface area contributed by atoms with Crippen LogP contribution < -0.4 is 10.6 Å². The van der Waals surface area contributed by atoms with Crippen LogP contribution in [0.15, 0.2) is 21.7 Å². The minimum absolute atomic E-state index is 0.210. The van der Waals surface area contributed by atoms with Crippen LogP contribution in [0.25, 0.3) is 0 Å². The SMILES string of the molecule is CNCCNC(=O)C1CCCN1S(=O)(=O)c1cccs1. The van der Waals surface area contributed by atoms with Gasteiger partial charge < -0.3 is 10.6 Å². The fourth-order valence-corrected chi connectivity index (χ4v) is 5.02. The Hall–Kier alpha value is -0.960. The molecule has 0 aromatic carbocycles. The average molecular weight is 317 g/mol. The number of carbonyl (C=O) groups is 1. The van der Waals surface area contributed by atoms with Crippen LogP contribution in [0.3, 0.4) is 0 Å². The predicted molar refractivity (Wildman–Crippen MR) is 78.2 cm³/mol. The molecule has 1 aliphatic rings. The molecule has 1 atom stereocenters. The lowest BCUT2D eigenvalue weighted by Crippen LogP contribution is -2.46. The molecule has 0 radical (unpaired) electrons. The van der Waals surface area contributed by atoms with E-state index < -0.39 is 16.1 Å². The van der Waals surface area contributed by atoms with Gasteiger partial charge in [-0.3, -0.25) is 4.79 Å². The van der Waals surface area contributed by atoms with Gasteiger partial charge in [0, 0.05) is 19.6 Å². The molecule has 0 bridgehead atoms. The minimum Gasteiger partial charge on any atom is -0.353 e. The number of carbonyl (C=O) groups excluding carboxylic acids is 1. The molecule has 1 aromatic rings. The van der Waals surface area contributed by atoms with Crippen molar-refractivity contribution in [1.82, 2.24) is 14.9 Å². The first-order chi connectivity index (χ1) is 9.57. The van der Waals surface area contributed by atoms with Crippen molar-refractivity contribution in [3.63, 3.8) is 0 Å². The van der Waals surface area contributed by atoms with Crippen LogP contribution in [0.2, 0.25) is 0 Å². The lowest BCUT2D eigenvalue weighted by molar-refractivity contribution is -0.124. The van der Waals surface area contributed by atoms with E-state index in [-0.39, 0.29) is 5.91 Å². The molecule has 1 fully saturated rings. The standard InChI is InChI=1S/C12H19N3O3S2/c1-13-6-7-14-12(16)10-4-2-8-15(10)20(17,18)11-5-3-9-19-11/h3,5,9-10,13H,2,4,6-8H2,1H3,(H,14,16). The summed E-state index contributed by atoms with van der Waals surface area (Å²) in [6.45, 7) is 1.57. The van der Waals surface area contributed by atoms with Crippen molar-refractivity contribution in [1.29, 1.82) is 0 Å². The number of rotatable bonds is 6. The molecular weight excluding hydrogens is 298 g/mol. The third-order valence-corrected chi connectivity index (χ3v) is 6.52. The van der Waals surface area contributed by atoms with Gasteiger partial charge in [-0.05, 0) is 31.3 Å². The van der Waals surface area contributed by atoms with E-state index in [1.54, 1.807) is 24.6 Å². The first-order valence-electron chi connectivity index (χ1n) is 6.55. The summed E-state index contributed by atoms with van der Waals surface area (Å²) in [6, 6.07) is 2.70. The molecule has 1 aliphatic heterocycles. The number of nitrogens with one attached hydrogen (secondary N) is 2. The Labute approximate surface area is 123 Å². The summed E-state index contributed by atoms with van der Waals surface area (Å²) >= 11 is 1.18. The van der Waals surface area contributed by atoms with Crippen molar-refractivity contribution < 1.29 is 13.2 Å². The molecule has 1 saturated heterocycles. The summed E-state index contributed by atoms with van der Waals surface area (Å²) in [7, 11) is -1.74. The average Bonchev–Trinajstić information content (AvgIpc) is 3.10. The zero-order valence-electron chi connectivity index (χ0n) is 11.3. The van der Waals surface area contributed by atoms with Gasteiger partial charge in [0.2, 0.25) is 5.91 Å². The van der Waals surface area contributed by atoms with Gasteiger partial charge in [0.1, 0.15) is 10.3 Å². The van der Waals surface area contributed by atoms with Crippen molar-refractivity contribution in [2.24, 2.45) is 0 Å². The molecule has 1 aromatic heterocycles. The van der Waals surface area contributed by atoms with Gasteiger partial charge in [-0.1, -0.05) is 6.07 Å². The molecule has 2 N–H and O–H groups in total. The minimum atomic E-state index is -3.54. The van der Waals surface area contributed by atoms with Crippen LogP contribution in [0.4, 0.5) is 0 Å². The molecule has 1 unspecified atom stereocenters. The van der Waals surface area contributed by atoms with Crippen LogP contribution in [0, 0.1) is 0 Å². The lowest BCUT2D eigenvalue weighted by atomic mass is 10.2. The topological polar surface area (TPSA) is 78.5 Å². The summed E-state index contributed by atoms with van der Waals surface area (Å²) in [5, 5.41) is 7.43. The second kappa shape index (κ2) is 6.66. The maximum atomic E-state index is 12.5. The van der Waals surface area contributed by atoms with Crippen molar-refractivity contribution in [3.8, 4) is 0 Å². The summed E-state index contributed by atoms with van der Waals surface area (Å²) in [5.74, 6) is -0.210. The third-order valence-electron chi connectivity index (χ3n) is 3.24. The molecule has 0 saturated carbocycles.